The van der Waals surface area contributed by atoms with Gasteiger partial charge in [-0.25, -0.2) is 4.79 Å². The van der Waals surface area contributed by atoms with E-state index >= 15 is 0 Å². The summed E-state index contributed by atoms with van der Waals surface area (Å²) < 4.78 is 7.43. The summed E-state index contributed by atoms with van der Waals surface area (Å²) in [5, 5.41) is 6.55. The summed E-state index contributed by atoms with van der Waals surface area (Å²) >= 11 is 7.03. The lowest BCUT2D eigenvalue weighted by Crippen LogP contribution is -2.40. The molecule has 1 saturated carbocycles. The van der Waals surface area contributed by atoms with Crippen molar-refractivity contribution in [2.45, 2.75) is 58.2 Å². The molecule has 134 valence electrons. The molecule has 2 N–H and O–H groups in total. The number of hydrogen-bond donors (Lipinski definition) is 2. The van der Waals surface area contributed by atoms with Crippen LogP contribution in [0.25, 0.3) is 0 Å². The van der Waals surface area contributed by atoms with Gasteiger partial charge in [-0.3, -0.25) is 0 Å². The summed E-state index contributed by atoms with van der Waals surface area (Å²) in [6.07, 6.45) is 3.16. The van der Waals surface area contributed by atoms with Crippen molar-refractivity contribution >= 4 is 38.0 Å². The molecule has 0 radical (unpaired) electrons. The number of carbonyl (C=O) groups excluding carboxylic acids is 1. The molecule has 2 unspecified atom stereocenters. The van der Waals surface area contributed by atoms with Crippen molar-refractivity contribution in [2.75, 3.05) is 6.54 Å². The first-order chi connectivity index (χ1) is 11.2. The minimum absolute atomic E-state index is 0.329. The van der Waals surface area contributed by atoms with Gasteiger partial charge in [-0.1, -0.05) is 12.5 Å². The second-order valence-electron chi connectivity index (χ2n) is 7.31. The van der Waals surface area contributed by atoms with Crippen molar-refractivity contribution in [1.82, 2.24) is 10.6 Å². The predicted molar refractivity (Wildman–Crippen MR) is 104 cm³/mol. The number of halogens is 2. The highest BCUT2D eigenvalue weighted by Gasteiger charge is 2.27. The third kappa shape index (κ3) is 6.37. The van der Waals surface area contributed by atoms with E-state index in [-0.39, 0.29) is 6.09 Å². The number of benzene rings is 1. The Kier molecular flexibility index (Phi) is 7.13. The summed E-state index contributed by atoms with van der Waals surface area (Å²) in [5.41, 5.74) is 0.794. The molecule has 1 fully saturated rings. The van der Waals surface area contributed by atoms with Gasteiger partial charge in [0, 0.05) is 28.1 Å². The molecule has 6 heteroatoms. The molecular formula is C18H26Br2N2O2. The molecule has 2 atom stereocenters. The first-order valence-corrected chi connectivity index (χ1v) is 9.97. The molecule has 1 amide bonds. The second-order valence-corrected chi connectivity index (χ2v) is 9.02. The van der Waals surface area contributed by atoms with Crippen molar-refractivity contribution in [2.24, 2.45) is 5.92 Å². The lowest BCUT2D eigenvalue weighted by Gasteiger charge is -2.24. The minimum atomic E-state index is -0.452. The quantitative estimate of drug-likeness (QED) is 0.648. The van der Waals surface area contributed by atoms with E-state index in [9.17, 15) is 4.79 Å². The number of amides is 1. The van der Waals surface area contributed by atoms with Crippen molar-refractivity contribution in [3.05, 3.63) is 32.7 Å². The maximum atomic E-state index is 11.8. The molecule has 1 aliphatic carbocycles. The first kappa shape index (κ1) is 19.7. The van der Waals surface area contributed by atoms with Crippen molar-refractivity contribution < 1.29 is 9.53 Å². The molecule has 0 spiro atoms. The van der Waals surface area contributed by atoms with E-state index in [1.165, 1.54) is 12.0 Å². The van der Waals surface area contributed by atoms with Gasteiger partial charge in [0.1, 0.15) is 5.60 Å². The average Bonchev–Trinajstić information content (AvgIpc) is 2.92. The van der Waals surface area contributed by atoms with E-state index in [1.807, 2.05) is 20.8 Å². The van der Waals surface area contributed by atoms with Crippen LogP contribution in [0.4, 0.5) is 4.79 Å². The first-order valence-electron chi connectivity index (χ1n) is 8.39. The highest BCUT2D eigenvalue weighted by Crippen LogP contribution is 2.27. The van der Waals surface area contributed by atoms with E-state index in [4.69, 9.17) is 4.74 Å². The fraction of sp³-hybridized carbons (Fsp3) is 0.611. The van der Waals surface area contributed by atoms with Crippen LogP contribution in [-0.2, 0) is 11.3 Å². The van der Waals surface area contributed by atoms with Crippen molar-refractivity contribution in [3.63, 3.8) is 0 Å². The number of carbonyl (C=O) groups is 1. The Hall–Kier alpha value is -0.590. The Morgan fingerprint density at radius 3 is 2.67 bits per heavy atom. The Bertz CT molecular complexity index is 573. The van der Waals surface area contributed by atoms with E-state index in [0.717, 1.165) is 28.3 Å². The Labute approximate surface area is 161 Å². The van der Waals surface area contributed by atoms with Gasteiger partial charge in [0.15, 0.2) is 0 Å². The Morgan fingerprint density at radius 1 is 1.25 bits per heavy atom. The van der Waals surface area contributed by atoms with Crippen LogP contribution in [0.5, 0.6) is 0 Å². The van der Waals surface area contributed by atoms with Crippen LogP contribution in [0.15, 0.2) is 27.1 Å². The SMILES string of the molecule is CC(C)(C)OC(=O)NCC1CCCC1NCc1ccc(Br)c(Br)c1. The smallest absolute Gasteiger partial charge is 0.407 e. The molecule has 2 rings (SSSR count). The summed E-state index contributed by atoms with van der Waals surface area (Å²) in [6, 6.07) is 6.73. The molecular weight excluding hydrogens is 436 g/mol. The summed E-state index contributed by atoms with van der Waals surface area (Å²) in [5.74, 6) is 0.455. The van der Waals surface area contributed by atoms with E-state index in [0.29, 0.717) is 18.5 Å². The fourth-order valence-electron chi connectivity index (χ4n) is 2.98. The summed E-state index contributed by atoms with van der Waals surface area (Å²) in [7, 11) is 0. The molecule has 1 aromatic rings. The van der Waals surface area contributed by atoms with Crippen LogP contribution < -0.4 is 10.6 Å². The maximum Gasteiger partial charge on any atom is 0.407 e. The van der Waals surface area contributed by atoms with Crippen molar-refractivity contribution in [1.29, 1.82) is 0 Å². The third-order valence-electron chi connectivity index (χ3n) is 4.12. The van der Waals surface area contributed by atoms with Crippen molar-refractivity contribution in [3.8, 4) is 0 Å². The van der Waals surface area contributed by atoms with Crippen LogP contribution in [0.2, 0.25) is 0 Å². The number of rotatable bonds is 5. The normalized spacial score (nSPS) is 20.9. The number of hydrogen-bond acceptors (Lipinski definition) is 3. The van der Waals surface area contributed by atoms with Gasteiger partial charge in [0.05, 0.1) is 0 Å². The molecule has 0 bridgehead atoms. The minimum Gasteiger partial charge on any atom is -0.444 e. The van der Waals surface area contributed by atoms with E-state index in [1.54, 1.807) is 0 Å². The van der Waals surface area contributed by atoms with Gasteiger partial charge in [0.2, 0.25) is 0 Å². The zero-order chi connectivity index (χ0) is 17.7. The largest absolute Gasteiger partial charge is 0.444 e. The second kappa shape index (κ2) is 8.68. The average molecular weight is 462 g/mol. The standard InChI is InChI=1S/C18H26Br2N2O2/c1-18(2,3)24-17(23)22-11-13-5-4-6-16(13)21-10-12-7-8-14(19)15(20)9-12/h7-9,13,16,21H,4-6,10-11H2,1-3H3,(H,22,23). The number of nitrogens with one attached hydrogen (secondary N) is 2. The van der Waals surface area contributed by atoms with Crippen LogP contribution >= 0.6 is 31.9 Å². The Balaban J connectivity index is 1.80. The highest BCUT2D eigenvalue weighted by molar-refractivity contribution is 9.13. The van der Waals surface area contributed by atoms with E-state index in [2.05, 4.69) is 60.7 Å². The van der Waals surface area contributed by atoms with Gasteiger partial charge in [-0.15, -0.1) is 0 Å². The van der Waals surface area contributed by atoms with Gasteiger partial charge < -0.3 is 15.4 Å². The molecule has 24 heavy (non-hydrogen) atoms. The van der Waals surface area contributed by atoms with Crippen LogP contribution in [0.3, 0.4) is 0 Å². The molecule has 0 heterocycles. The van der Waals surface area contributed by atoms with E-state index < -0.39 is 5.60 Å². The zero-order valence-electron chi connectivity index (χ0n) is 14.5. The topological polar surface area (TPSA) is 50.4 Å². The predicted octanol–water partition coefficient (Wildman–Crippen LogP) is 4.99. The summed E-state index contributed by atoms with van der Waals surface area (Å²) in [4.78, 5) is 11.8. The van der Waals surface area contributed by atoms with Gasteiger partial charge in [0.25, 0.3) is 0 Å². The lowest BCUT2D eigenvalue weighted by molar-refractivity contribution is 0.0517. The molecule has 0 saturated heterocycles. The Morgan fingerprint density at radius 2 is 2.00 bits per heavy atom. The van der Waals surface area contributed by atoms with Gasteiger partial charge in [-0.2, -0.15) is 0 Å². The van der Waals surface area contributed by atoms with Crippen LogP contribution in [-0.4, -0.2) is 24.3 Å². The number of alkyl carbamates (subject to hydrolysis) is 1. The highest BCUT2D eigenvalue weighted by atomic mass is 79.9. The van der Waals surface area contributed by atoms with Crippen LogP contribution in [0, 0.1) is 5.92 Å². The lowest BCUT2D eigenvalue weighted by atomic mass is 10.0. The molecule has 0 aliphatic heterocycles. The molecule has 1 aromatic carbocycles. The molecule has 1 aliphatic rings. The molecule has 4 nitrogen and oxygen atoms in total. The van der Waals surface area contributed by atoms with Gasteiger partial charge >= 0.3 is 6.09 Å². The van der Waals surface area contributed by atoms with Gasteiger partial charge in [-0.05, 0) is 89.1 Å². The number of ether oxygens (including phenoxy) is 1. The zero-order valence-corrected chi connectivity index (χ0v) is 17.7. The fourth-order valence-corrected chi connectivity index (χ4v) is 3.65. The van der Waals surface area contributed by atoms with Crippen LogP contribution in [0.1, 0.15) is 45.6 Å². The third-order valence-corrected chi connectivity index (χ3v) is 6.00. The maximum absolute atomic E-state index is 11.8. The molecule has 0 aromatic heterocycles. The summed E-state index contributed by atoms with van der Waals surface area (Å²) in [6.45, 7) is 7.13. The monoisotopic (exact) mass is 460 g/mol.